The van der Waals surface area contributed by atoms with Crippen molar-refractivity contribution in [2.75, 3.05) is 19.6 Å². The summed E-state index contributed by atoms with van der Waals surface area (Å²) in [5.41, 5.74) is 0. The monoisotopic (exact) mass is 140 g/mol. The van der Waals surface area contributed by atoms with Gasteiger partial charge in [-0.2, -0.15) is 0 Å². The number of nitrogens with one attached hydrogen (secondary N) is 1. The van der Waals surface area contributed by atoms with E-state index in [1.165, 1.54) is 32.5 Å². The third-order valence-electron chi connectivity index (χ3n) is 2.70. The van der Waals surface area contributed by atoms with Gasteiger partial charge in [0, 0.05) is 19.6 Å². The predicted octanol–water partition coefficient (Wildman–Crippen LogP) is 0.648. The van der Waals surface area contributed by atoms with Crippen LogP contribution in [-0.4, -0.2) is 30.7 Å². The lowest BCUT2D eigenvalue weighted by Gasteiger charge is -2.32. The van der Waals surface area contributed by atoms with Gasteiger partial charge in [0.2, 0.25) is 0 Å². The van der Waals surface area contributed by atoms with Crippen LogP contribution < -0.4 is 5.32 Å². The highest BCUT2D eigenvalue weighted by Gasteiger charge is 2.28. The standard InChI is InChI=1S/C8H16N2/c1-7-2-3-8-9-4-5-10(8)6-7/h7-9H,2-6H2,1H3. The number of hydrogen-bond donors (Lipinski definition) is 1. The Labute approximate surface area is 62.6 Å². The minimum atomic E-state index is 0.733. The molecule has 0 aromatic rings. The lowest BCUT2D eigenvalue weighted by Crippen LogP contribution is -2.42. The highest BCUT2D eigenvalue weighted by Crippen LogP contribution is 2.21. The van der Waals surface area contributed by atoms with Crippen LogP contribution in [-0.2, 0) is 0 Å². The number of fused-ring (bicyclic) bond motifs is 1. The van der Waals surface area contributed by atoms with Crippen molar-refractivity contribution < 1.29 is 0 Å². The molecule has 2 fully saturated rings. The van der Waals surface area contributed by atoms with Gasteiger partial charge in [0.25, 0.3) is 0 Å². The van der Waals surface area contributed by atoms with Crippen LogP contribution >= 0.6 is 0 Å². The molecule has 0 aliphatic carbocycles. The Morgan fingerprint density at radius 1 is 1.40 bits per heavy atom. The molecule has 2 unspecified atom stereocenters. The summed E-state index contributed by atoms with van der Waals surface area (Å²) in [4.78, 5) is 2.58. The van der Waals surface area contributed by atoms with Gasteiger partial charge in [-0.3, -0.25) is 4.90 Å². The molecule has 1 N–H and O–H groups in total. The summed E-state index contributed by atoms with van der Waals surface area (Å²) in [5.74, 6) is 0.927. The molecular formula is C8H16N2. The molecule has 0 spiro atoms. The molecule has 2 rings (SSSR count). The van der Waals surface area contributed by atoms with Gasteiger partial charge in [-0.25, -0.2) is 0 Å². The number of rotatable bonds is 0. The SMILES string of the molecule is CC1CCC2NCCN2C1. The fourth-order valence-electron chi connectivity index (χ4n) is 2.10. The van der Waals surface area contributed by atoms with Gasteiger partial charge in [-0.15, -0.1) is 0 Å². The van der Waals surface area contributed by atoms with Crippen LogP contribution in [0.5, 0.6) is 0 Å². The molecule has 0 aromatic carbocycles. The maximum atomic E-state index is 3.50. The Kier molecular flexibility index (Phi) is 1.66. The molecule has 0 saturated carbocycles. The molecule has 2 aliphatic rings. The Hall–Kier alpha value is -0.0800. The van der Waals surface area contributed by atoms with Crippen LogP contribution in [0.3, 0.4) is 0 Å². The first-order chi connectivity index (χ1) is 4.86. The van der Waals surface area contributed by atoms with E-state index in [9.17, 15) is 0 Å². The molecule has 2 nitrogen and oxygen atoms in total. The Morgan fingerprint density at radius 3 is 3.20 bits per heavy atom. The minimum absolute atomic E-state index is 0.733. The summed E-state index contributed by atoms with van der Waals surface area (Å²) < 4.78 is 0. The van der Waals surface area contributed by atoms with Crippen molar-refractivity contribution in [1.82, 2.24) is 10.2 Å². The summed E-state index contributed by atoms with van der Waals surface area (Å²) >= 11 is 0. The lowest BCUT2D eigenvalue weighted by molar-refractivity contribution is 0.146. The Morgan fingerprint density at radius 2 is 2.30 bits per heavy atom. The minimum Gasteiger partial charge on any atom is -0.300 e. The van der Waals surface area contributed by atoms with E-state index in [4.69, 9.17) is 0 Å². The maximum Gasteiger partial charge on any atom is 0.0598 e. The summed E-state index contributed by atoms with van der Waals surface area (Å²) in [6, 6.07) is 0. The van der Waals surface area contributed by atoms with Crippen LogP contribution in [0.4, 0.5) is 0 Å². The quantitative estimate of drug-likeness (QED) is 0.531. The Balaban J connectivity index is 1.96. The fraction of sp³-hybridized carbons (Fsp3) is 1.00. The van der Waals surface area contributed by atoms with Gasteiger partial charge < -0.3 is 5.32 Å². The number of piperidine rings is 1. The lowest BCUT2D eigenvalue weighted by atomic mass is 9.99. The van der Waals surface area contributed by atoms with Crippen molar-refractivity contribution in [1.29, 1.82) is 0 Å². The molecule has 2 atom stereocenters. The van der Waals surface area contributed by atoms with Gasteiger partial charge in [0.05, 0.1) is 6.17 Å². The van der Waals surface area contributed by atoms with E-state index < -0.39 is 0 Å². The van der Waals surface area contributed by atoms with Crippen LogP contribution in [0.1, 0.15) is 19.8 Å². The normalized spacial score (nSPS) is 41.7. The van der Waals surface area contributed by atoms with Crippen molar-refractivity contribution in [2.45, 2.75) is 25.9 Å². The third kappa shape index (κ3) is 1.06. The van der Waals surface area contributed by atoms with E-state index in [2.05, 4.69) is 17.1 Å². The van der Waals surface area contributed by atoms with E-state index in [1.807, 2.05) is 0 Å². The van der Waals surface area contributed by atoms with Gasteiger partial charge >= 0.3 is 0 Å². The first-order valence-corrected chi connectivity index (χ1v) is 4.33. The average molecular weight is 140 g/mol. The zero-order chi connectivity index (χ0) is 6.97. The molecule has 58 valence electrons. The number of hydrogen-bond acceptors (Lipinski definition) is 2. The zero-order valence-corrected chi connectivity index (χ0v) is 6.64. The Bertz CT molecular complexity index is 124. The van der Waals surface area contributed by atoms with Crippen LogP contribution in [0.25, 0.3) is 0 Å². The molecule has 0 bridgehead atoms. The largest absolute Gasteiger partial charge is 0.300 e. The molecule has 2 heteroatoms. The topological polar surface area (TPSA) is 15.3 Å². The van der Waals surface area contributed by atoms with E-state index in [1.54, 1.807) is 0 Å². The zero-order valence-electron chi connectivity index (χ0n) is 6.64. The van der Waals surface area contributed by atoms with Crippen LogP contribution in [0, 0.1) is 5.92 Å². The van der Waals surface area contributed by atoms with Gasteiger partial charge in [-0.1, -0.05) is 6.92 Å². The predicted molar refractivity (Wildman–Crippen MR) is 41.8 cm³/mol. The molecule has 0 aromatic heterocycles. The molecule has 0 amide bonds. The molecule has 2 heterocycles. The molecule has 10 heavy (non-hydrogen) atoms. The third-order valence-corrected chi connectivity index (χ3v) is 2.70. The van der Waals surface area contributed by atoms with Gasteiger partial charge in [-0.05, 0) is 18.8 Å². The van der Waals surface area contributed by atoms with E-state index in [0.717, 1.165) is 12.1 Å². The first kappa shape index (κ1) is 6.62. The highest BCUT2D eigenvalue weighted by atomic mass is 15.3. The van der Waals surface area contributed by atoms with Crippen molar-refractivity contribution >= 4 is 0 Å². The van der Waals surface area contributed by atoms with Crippen molar-refractivity contribution in [2.24, 2.45) is 5.92 Å². The summed E-state index contributed by atoms with van der Waals surface area (Å²) in [5, 5.41) is 3.50. The maximum absolute atomic E-state index is 3.50. The van der Waals surface area contributed by atoms with E-state index in [-0.39, 0.29) is 0 Å². The second-order valence-electron chi connectivity index (χ2n) is 3.65. The van der Waals surface area contributed by atoms with Crippen LogP contribution in [0.15, 0.2) is 0 Å². The second kappa shape index (κ2) is 2.51. The summed E-state index contributed by atoms with van der Waals surface area (Å²) in [6.45, 7) is 6.15. The van der Waals surface area contributed by atoms with E-state index in [0.29, 0.717) is 0 Å². The van der Waals surface area contributed by atoms with E-state index >= 15 is 0 Å². The smallest absolute Gasteiger partial charge is 0.0598 e. The summed E-state index contributed by atoms with van der Waals surface area (Å²) in [6.07, 6.45) is 3.51. The molecule has 2 aliphatic heterocycles. The second-order valence-corrected chi connectivity index (χ2v) is 3.65. The van der Waals surface area contributed by atoms with Crippen molar-refractivity contribution in [3.8, 4) is 0 Å². The highest BCUT2D eigenvalue weighted by molar-refractivity contribution is 4.83. The molecule has 0 radical (unpaired) electrons. The average Bonchev–Trinajstić information content (AvgIpc) is 2.33. The number of nitrogens with zero attached hydrogens (tertiary/aromatic N) is 1. The fourth-order valence-corrected chi connectivity index (χ4v) is 2.10. The van der Waals surface area contributed by atoms with Crippen molar-refractivity contribution in [3.05, 3.63) is 0 Å². The first-order valence-electron chi connectivity index (χ1n) is 4.33. The molecule has 2 saturated heterocycles. The van der Waals surface area contributed by atoms with Crippen molar-refractivity contribution in [3.63, 3.8) is 0 Å². The summed E-state index contributed by atoms with van der Waals surface area (Å²) in [7, 11) is 0. The van der Waals surface area contributed by atoms with Crippen LogP contribution in [0.2, 0.25) is 0 Å². The molecular weight excluding hydrogens is 124 g/mol. The van der Waals surface area contributed by atoms with Gasteiger partial charge in [0.15, 0.2) is 0 Å². The van der Waals surface area contributed by atoms with Gasteiger partial charge in [0.1, 0.15) is 0 Å².